The number of aromatic nitrogens is 4. The summed E-state index contributed by atoms with van der Waals surface area (Å²) in [6, 6.07) is 0. The fourth-order valence-electron chi connectivity index (χ4n) is 2.80. The van der Waals surface area contributed by atoms with Crippen LogP contribution < -0.4 is 17.0 Å². The molecule has 22 heavy (non-hydrogen) atoms. The average molecular weight is 307 g/mol. The first-order valence-corrected chi connectivity index (χ1v) is 7.88. The van der Waals surface area contributed by atoms with Crippen LogP contribution in [0.25, 0.3) is 11.2 Å². The van der Waals surface area contributed by atoms with Gasteiger partial charge in [-0.05, 0) is 12.8 Å². The molecule has 2 aromatic rings. The lowest BCUT2D eigenvalue weighted by molar-refractivity contribution is 0.488. The Morgan fingerprint density at radius 3 is 2.32 bits per heavy atom. The highest BCUT2D eigenvalue weighted by atomic mass is 16.2. The van der Waals surface area contributed by atoms with Gasteiger partial charge in [0.25, 0.3) is 5.56 Å². The third-order valence-corrected chi connectivity index (χ3v) is 3.73. The predicted octanol–water partition coefficient (Wildman–Crippen LogP) is 0.557. The molecule has 0 fully saturated rings. The number of nitrogens with two attached hydrogens (primary N) is 1. The quantitative estimate of drug-likeness (QED) is 0.844. The summed E-state index contributed by atoms with van der Waals surface area (Å²) in [7, 11) is 0. The average Bonchev–Trinajstić information content (AvgIpc) is 2.86. The molecule has 0 aliphatic carbocycles. The maximum Gasteiger partial charge on any atom is 0.332 e. The number of rotatable bonds is 6. The highest BCUT2D eigenvalue weighted by Gasteiger charge is 2.20. The molecule has 2 N–H and O–H groups in total. The summed E-state index contributed by atoms with van der Waals surface area (Å²) in [5.74, 6) is 1.11. The minimum atomic E-state index is -0.319. The van der Waals surface area contributed by atoms with Crippen molar-refractivity contribution < 1.29 is 0 Å². The molecule has 0 aliphatic rings. The number of aryl methyl sites for hydroxylation is 2. The van der Waals surface area contributed by atoms with E-state index in [1.54, 1.807) is 4.57 Å². The van der Waals surface area contributed by atoms with E-state index < -0.39 is 0 Å². The third-order valence-electron chi connectivity index (χ3n) is 3.73. The first-order valence-electron chi connectivity index (χ1n) is 7.88. The second-order valence-corrected chi connectivity index (χ2v) is 5.83. The summed E-state index contributed by atoms with van der Waals surface area (Å²) in [5, 5.41) is 0. The van der Waals surface area contributed by atoms with Crippen LogP contribution in [0.15, 0.2) is 9.59 Å². The Bertz CT molecular complexity index is 782. The van der Waals surface area contributed by atoms with Crippen molar-refractivity contribution in [2.75, 3.05) is 6.54 Å². The molecule has 0 bridgehead atoms. The summed E-state index contributed by atoms with van der Waals surface area (Å²) < 4.78 is 4.75. The smallest absolute Gasteiger partial charge is 0.329 e. The standard InChI is InChI=1S/C15H25N5O2/c1-5-11-17-13-12(18(11)6-2)14(21)19(8-7-16)15(22)20(13)9-10(3)4/h10H,5-9,16H2,1-4H3. The van der Waals surface area contributed by atoms with Crippen molar-refractivity contribution in [3.05, 3.63) is 26.7 Å². The zero-order valence-electron chi connectivity index (χ0n) is 13.8. The minimum absolute atomic E-state index is 0.224. The largest absolute Gasteiger partial charge is 0.332 e. The third kappa shape index (κ3) is 2.61. The lowest BCUT2D eigenvalue weighted by atomic mass is 10.2. The highest BCUT2D eigenvalue weighted by molar-refractivity contribution is 5.71. The summed E-state index contributed by atoms with van der Waals surface area (Å²) in [4.78, 5) is 29.9. The van der Waals surface area contributed by atoms with E-state index in [1.165, 1.54) is 4.57 Å². The van der Waals surface area contributed by atoms with Gasteiger partial charge in [0.05, 0.1) is 0 Å². The van der Waals surface area contributed by atoms with Gasteiger partial charge in [0.15, 0.2) is 11.2 Å². The van der Waals surface area contributed by atoms with Crippen LogP contribution in [0, 0.1) is 5.92 Å². The molecule has 0 saturated carbocycles. The topological polar surface area (TPSA) is 87.8 Å². The summed E-state index contributed by atoms with van der Waals surface area (Å²) in [6.07, 6.45) is 0.717. The predicted molar refractivity (Wildman–Crippen MR) is 87.2 cm³/mol. The molecule has 7 nitrogen and oxygen atoms in total. The van der Waals surface area contributed by atoms with Gasteiger partial charge in [-0.2, -0.15) is 0 Å². The van der Waals surface area contributed by atoms with Gasteiger partial charge < -0.3 is 10.3 Å². The fraction of sp³-hybridized carbons (Fsp3) is 0.667. The normalized spacial score (nSPS) is 11.7. The molecule has 2 rings (SSSR count). The molecule has 0 atom stereocenters. The van der Waals surface area contributed by atoms with Gasteiger partial charge in [0, 0.05) is 32.6 Å². The SMILES string of the molecule is CCc1nc2c(c(=O)n(CCN)c(=O)n2CC(C)C)n1CC. The van der Waals surface area contributed by atoms with Gasteiger partial charge in [-0.3, -0.25) is 13.9 Å². The molecular formula is C15H25N5O2. The van der Waals surface area contributed by atoms with Gasteiger partial charge in [-0.1, -0.05) is 20.8 Å². The van der Waals surface area contributed by atoms with Crippen molar-refractivity contribution in [2.24, 2.45) is 11.7 Å². The Morgan fingerprint density at radius 1 is 1.14 bits per heavy atom. The molecule has 0 aliphatic heterocycles. The van der Waals surface area contributed by atoms with Crippen LogP contribution in [0.3, 0.4) is 0 Å². The van der Waals surface area contributed by atoms with Crippen LogP contribution in [0.4, 0.5) is 0 Å². The van der Waals surface area contributed by atoms with E-state index in [1.807, 2.05) is 32.3 Å². The Kier molecular flexibility index (Phi) is 4.85. The fourth-order valence-corrected chi connectivity index (χ4v) is 2.80. The zero-order chi connectivity index (χ0) is 16.4. The molecular weight excluding hydrogens is 282 g/mol. The number of hydrogen-bond acceptors (Lipinski definition) is 4. The van der Waals surface area contributed by atoms with Crippen molar-refractivity contribution in [1.82, 2.24) is 18.7 Å². The van der Waals surface area contributed by atoms with Crippen molar-refractivity contribution in [1.29, 1.82) is 0 Å². The monoisotopic (exact) mass is 307 g/mol. The first kappa shape index (κ1) is 16.5. The summed E-state index contributed by atoms with van der Waals surface area (Å²) in [6.45, 7) is 9.71. The molecule has 7 heteroatoms. The number of fused-ring (bicyclic) bond motifs is 1. The number of nitrogens with zero attached hydrogens (tertiary/aromatic N) is 4. The maximum absolute atomic E-state index is 12.7. The minimum Gasteiger partial charge on any atom is -0.329 e. The second kappa shape index (κ2) is 6.48. The molecule has 2 aromatic heterocycles. The molecule has 2 heterocycles. The van der Waals surface area contributed by atoms with Crippen molar-refractivity contribution >= 4 is 11.2 Å². The van der Waals surface area contributed by atoms with E-state index in [4.69, 9.17) is 5.73 Å². The Morgan fingerprint density at radius 2 is 1.82 bits per heavy atom. The number of hydrogen-bond donors (Lipinski definition) is 1. The van der Waals surface area contributed by atoms with E-state index in [-0.39, 0.29) is 30.3 Å². The molecule has 0 radical (unpaired) electrons. The van der Waals surface area contributed by atoms with Crippen LogP contribution in [-0.2, 0) is 26.1 Å². The van der Waals surface area contributed by atoms with Crippen molar-refractivity contribution in [3.63, 3.8) is 0 Å². The Labute approximate surface area is 129 Å². The lowest BCUT2D eigenvalue weighted by Gasteiger charge is -2.13. The summed E-state index contributed by atoms with van der Waals surface area (Å²) in [5.41, 5.74) is 5.96. The van der Waals surface area contributed by atoms with Gasteiger partial charge >= 0.3 is 5.69 Å². The van der Waals surface area contributed by atoms with Crippen LogP contribution >= 0.6 is 0 Å². The molecule has 0 aromatic carbocycles. The first-order chi connectivity index (χ1) is 10.5. The van der Waals surface area contributed by atoms with E-state index in [0.717, 1.165) is 5.82 Å². The van der Waals surface area contributed by atoms with Crippen molar-refractivity contribution in [2.45, 2.75) is 53.8 Å². The Balaban J connectivity index is 2.94. The number of imidazole rings is 1. The Hall–Kier alpha value is -1.89. The molecule has 0 spiro atoms. The maximum atomic E-state index is 12.7. The van der Waals surface area contributed by atoms with Crippen LogP contribution in [0.2, 0.25) is 0 Å². The molecule has 0 unspecified atom stereocenters. The molecule has 0 saturated heterocycles. The van der Waals surface area contributed by atoms with Crippen LogP contribution in [0.1, 0.15) is 33.5 Å². The van der Waals surface area contributed by atoms with E-state index in [0.29, 0.717) is 30.7 Å². The van der Waals surface area contributed by atoms with Crippen molar-refractivity contribution in [3.8, 4) is 0 Å². The van der Waals surface area contributed by atoms with E-state index in [9.17, 15) is 9.59 Å². The molecule has 0 amide bonds. The van der Waals surface area contributed by atoms with Gasteiger partial charge in [0.2, 0.25) is 0 Å². The second-order valence-electron chi connectivity index (χ2n) is 5.83. The van der Waals surface area contributed by atoms with Crippen LogP contribution in [-0.4, -0.2) is 25.2 Å². The van der Waals surface area contributed by atoms with Gasteiger partial charge in [-0.25, -0.2) is 9.78 Å². The van der Waals surface area contributed by atoms with E-state index in [2.05, 4.69) is 4.98 Å². The van der Waals surface area contributed by atoms with Gasteiger partial charge in [-0.15, -0.1) is 0 Å². The zero-order valence-corrected chi connectivity index (χ0v) is 13.8. The summed E-state index contributed by atoms with van der Waals surface area (Å²) >= 11 is 0. The van der Waals surface area contributed by atoms with Crippen LogP contribution in [0.5, 0.6) is 0 Å². The van der Waals surface area contributed by atoms with Gasteiger partial charge in [0.1, 0.15) is 5.82 Å². The van der Waals surface area contributed by atoms with E-state index >= 15 is 0 Å². The highest BCUT2D eigenvalue weighted by Crippen LogP contribution is 2.13. The lowest BCUT2D eigenvalue weighted by Crippen LogP contribution is -2.42. The molecule has 122 valence electrons.